The Balaban J connectivity index is 2.51. The van der Waals surface area contributed by atoms with Crippen LogP contribution in [0.25, 0.3) is 6.08 Å². The molecule has 1 aromatic carbocycles. The third-order valence-electron chi connectivity index (χ3n) is 2.36. The second kappa shape index (κ2) is 5.61. The lowest BCUT2D eigenvalue weighted by molar-refractivity contribution is -0.876. The van der Waals surface area contributed by atoms with Gasteiger partial charge in [0.25, 0.3) is 0 Å². The number of Topliss-reactive ketones (excluding diaryl/α,β-unsaturated/α-hetero) is 1. The van der Waals surface area contributed by atoms with E-state index in [1.54, 1.807) is 6.92 Å². The number of benzene rings is 1. The molecule has 0 bridgehead atoms. The summed E-state index contributed by atoms with van der Waals surface area (Å²) in [5.41, 5.74) is 1.20. The van der Waals surface area contributed by atoms with E-state index >= 15 is 0 Å². The number of hydrogen-bond donors (Lipinski definition) is 0. The van der Waals surface area contributed by atoms with Crippen molar-refractivity contribution < 1.29 is 9.28 Å². The molecule has 0 amide bonds. The van der Waals surface area contributed by atoms with E-state index in [0.29, 0.717) is 11.0 Å². The molecule has 0 saturated heterocycles. The summed E-state index contributed by atoms with van der Waals surface area (Å²) in [6.07, 6.45) is 4.22. The molecule has 0 saturated carbocycles. The summed E-state index contributed by atoms with van der Waals surface area (Å²) in [5, 5.41) is 0. The molecule has 86 valence electrons. The van der Waals surface area contributed by atoms with Crippen molar-refractivity contribution in [2.24, 2.45) is 0 Å². The molecule has 0 aliphatic rings. The normalized spacial score (nSPS) is 11.9. The van der Waals surface area contributed by atoms with Crippen molar-refractivity contribution in [2.75, 3.05) is 27.2 Å². The van der Waals surface area contributed by atoms with Crippen LogP contribution in [0.3, 0.4) is 0 Å². The average Bonchev–Trinajstić information content (AvgIpc) is 2.16. The maximum Gasteiger partial charge on any atom is 0.183 e. The molecule has 0 atom stereocenters. The first-order valence-electron chi connectivity index (χ1n) is 5.53. The van der Waals surface area contributed by atoms with Crippen molar-refractivity contribution in [3.63, 3.8) is 0 Å². The molecule has 0 spiro atoms. The van der Waals surface area contributed by atoms with Gasteiger partial charge in [0.1, 0.15) is 6.54 Å². The second-order valence-corrected chi connectivity index (χ2v) is 4.79. The molecule has 0 fully saturated rings. The first kappa shape index (κ1) is 12.7. The number of likely N-dealkylation sites (N-methyl/N-ethyl adjacent to an activating group) is 1. The second-order valence-electron chi connectivity index (χ2n) is 4.79. The summed E-state index contributed by atoms with van der Waals surface area (Å²) < 4.78 is 0.707. The van der Waals surface area contributed by atoms with Gasteiger partial charge in [-0.1, -0.05) is 36.4 Å². The van der Waals surface area contributed by atoms with Crippen molar-refractivity contribution in [1.29, 1.82) is 0 Å². The smallest absolute Gasteiger partial charge is 0.183 e. The van der Waals surface area contributed by atoms with Crippen LogP contribution in [0, 0.1) is 0 Å². The molecule has 1 rings (SSSR count). The van der Waals surface area contributed by atoms with E-state index in [1.807, 2.05) is 18.2 Å². The van der Waals surface area contributed by atoms with E-state index in [-0.39, 0.29) is 5.78 Å². The molecule has 16 heavy (non-hydrogen) atoms. The van der Waals surface area contributed by atoms with Gasteiger partial charge < -0.3 is 4.48 Å². The van der Waals surface area contributed by atoms with Crippen molar-refractivity contribution in [3.8, 4) is 0 Å². The van der Waals surface area contributed by atoms with E-state index < -0.39 is 0 Å². The molecule has 0 N–H and O–H groups in total. The molecule has 1 aromatic rings. The quantitative estimate of drug-likeness (QED) is 0.693. The average molecular weight is 218 g/mol. The van der Waals surface area contributed by atoms with Crippen LogP contribution in [0.4, 0.5) is 0 Å². The Morgan fingerprint density at radius 1 is 1.25 bits per heavy atom. The van der Waals surface area contributed by atoms with Gasteiger partial charge in [-0.3, -0.25) is 4.79 Å². The highest BCUT2D eigenvalue weighted by Gasteiger charge is 2.14. The Morgan fingerprint density at radius 2 is 1.88 bits per heavy atom. The minimum absolute atomic E-state index is 0.234. The van der Waals surface area contributed by atoms with Crippen LogP contribution >= 0.6 is 0 Å². The minimum atomic E-state index is 0.234. The van der Waals surface area contributed by atoms with Gasteiger partial charge in [-0.2, -0.15) is 0 Å². The van der Waals surface area contributed by atoms with Crippen LogP contribution in [-0.4, -0.2) is 37.5 Å². The number of quaternary nitrogens is 1. The van der Waals surface area contributed by atoms with Gasteiger partial charge in [0.2, 0.25) is 0 Å². The fraction of sp³-hybridized carbons (Fsp3) is 0.357. The predicted octanol–water partition coefficient (Wildman–Crippen LogP) is 2.37. The number of carbonyl (C=O) groups excluding carboxylic acids is 1. The van der Waals surface area contributed by atoms with Crippen molar-refractivity contribution in [1.82, 2.24) is 0 Å². The van der Waals surface area contributed by atoms with Gasteiger partial charge in [0, 0.05) is 6.92 Å². The van der Waals surface area contributed by atoms with Gasteiger partial charge in [-0.15, -0.1) is 0 Å². The predicted molar refractivity (Wildman–Crippen MR) is 68.0 cm³/mol. The van der Waals surface area contributed by atoms with Crippen molar-refractivity contribution >= 4 is 11.9 Å². The van der Waals surface area contributed by atoms with Crippen LogP contribution in [0.2, 0.25) is 0 Å². The molecule has 2 nitrogen and oxygen atoms in total. The molecule has 2 heteroatoms. The molecule has 0 aromatic heterocycles. The third-order valence-corrected chi connectivity index (χ3v) is 2.36. The Labute approximate surface area is 97.8 Å². The fourth-order valence-electron chi connectivity index (χ4n) is 1.71. The Morgan fingerprint density at radius 3 is 2.44 bits per heavy atom. The molecular weight excluding hydrogens is 198 g/mol. The summed E-state index contributed by atoms with van der Waals surface area (Å²) in [7, 11) is 4.13. The lowest BCUT2D eigenvalue weighted by Crippen LogP contribution is -2.43. The zero-order chi connectivity index (χ0) is 12.0. The van der Waals surface area contributed by atoms with Crippen molar-refractivity contribution in [3.05, 3.63) is 42.0 Å². The van der Waals surface area contributed by atoms with Crippen molar-refractivity contribution in [2.45, 2.75) is 6.92 Å². The molecule has 0 heterocycles. The monoisotopic (exact) mass is 218 g/mol. The first-order valence-corrected chi connectivity index (χ1v) is 5.53. The van der Waals surface area contributed by atoms with Crippen LogP contribution in [0.5, 0.6) is 0 Å². The van der Waals surface area contributed by atoms with Gasteiger partial charge >= 0.3 is 0 Å². The fourth-order valence-corrected chi connectivity index (χ4v) is 1.71. The number of nitrogens with zero attached hydrogens (tertiary/aromatic N) is 1. The Hall–Kier alpha value is -1.41. The highest BCUT2D eigenvalue weighted by Crippen LogP contribution is 2.03. The molecule has 0 aliphatic heterocycles. The zero-order valence-electron chi connectivity index (χ0n) is 10.3. The van der Waals surface area contributed by atoms with E-state index in [0.717, 1.165) is 6.54 Å². The summed E-state index contributed by atoms with van der Waals surface area (Å²) >= 11 is 0. The third kappa shape index (κ3) is 4.89. The van der Waals surface area contributed by atoms with Crippen LogP contribution in [-0.2, 0) is 4.79 Å². The molecular formula is C14H20NO+. The molecule has 0 radical (unpaired) electrons. The van der Waals surface area contributed by atoms with E-state index in [1.165, 1.54) is 5.56 Å². The maximum atomic E-state index is 11.1. The SMILES string of the molecule is CC(=O)C[N+](C)(C)C/C=C/c1ccccc1. The number of carbonyl (C=O) groups is 1. The highest BCUT2D eigenvalue weighted by atomic mass is 16.1. The maximum absolute atomic E-state index is 11.1. The van der Waals surface area contributed by atoms with Crippen LogP contribution in [0.1, 0.15) is 12.5 Å². The molecule has 0 unspecified atom stereocenters. The largest absolute Gasteiger partial charge is 0.319 e. The lowest BCUT2D eigenvalue weighted by atomic mass is 10.2. The highest BCUT2D eigenvalue weighted by molar-refractivity contribution is 5.76. The van der Waals surface area contributed by atoms with Crippen LogP contribution < -0.4 is 0 Å². The van der Waals surface area contributed by atoms with E-state index in [4.69, 9.17) is 0 Å². The van der Waals surface area contributed by atoms with Crippen LogP contribution in [0.15, 0.2) is 36.4 Å². The number of ketones is 1. The summed E-state index contributed by atoms with van der Waals surface area (Å²) in [4.78, 5) is 11.1. The standard InChI is InChI=1S/C14H20NO/c1-13(16)12-15(2,3)11-7-10-14-8-5-4-6-9-14/h4-10H,11-12H2,1-3H3/q+1/b10-7+. The van der Waals surface area contributed by atoms with Gasteiger partial charge in [0.05, 0.1) is 20.6 Å². The Kier molecular flexibility index (Phi) is 4.44. The van der Waals surface area contributed by atoms with Gasteiger partial charge in [-0.05, 0) is 11.6 Å². The summed E-state index contributed by atoms with van der Waals surface area (Å²) in [6, 6.07) is 10.2. The lowest BCUT2D eigenvalue weighted by Gasteiger charge is -2.26. The number of hydrogen-bond acceptors (Lipinski definition) is 1. The zero-order valence-corrected chi connectivity index (χ0v) is 10.3. The van der Waals surface area contributed by atoms with E-state index in [2.05, 4.69) is 38.4 Å². The minimum Gasteiger partial charge on any atom is -0.319 e. The topological polar surface area (TPSA) is 17.1 Å². The molecule has 0 aliphatic carbocycles. The van der Waals surface area contributed by atoms with Gasteiger partial charge in [-0.25, -0.2) is 0 Å². The summed E-state index contributed by atoms with van der Waals surface area (Å²) in [6.45, 7) is 3.09. The first-order chi connectivity index (χ1) is 7.49. The summed E-state index contributed by atoms with van der Waals surface area (Å²) in [5.74, 6) is 0.234. The van der Waals surface area contributed by atoms with E-state index in [9.17, 15) is 4.79 Å². The number of rotatable bonds is 5. The van der Waals surface area contributed by atoms with Gasteiger partial charge in [0.15, 0.2) is 5.78 Å². The Bertz CT molecular complexity index is 366.